The number of hydrogen-bond acceptors (Lipinski definition) is 5. The number of fused-ring (bicyclic) bond motifs is 5. The third kappa shape index (κ3) is 4.42. The average Bonchev–Trinajstić information content (AvgIpc) is 3.34. The van der Waals surface area contributed by atoms with Crippen molar-refractivity contribution in [2.75, 3.05) is 33.8 Å². The fraction of sp³-hybridized carbons (Fsp3) is 0.500. The molecular weight excluding hydrogens is 434 g/mol. The largest absolute Gasteiger partial charge is 0.491 e. The number of nitrogens with one attached hydrogen (secondary N) is 1. The molecule has 1 atom stereocenters. The van der Waals surface area contributed by atoms with Gasteiger partial charge in [0.05, 0.1) is 22.0 Å². The second-order valence-corrected chi connectivity index (χ2v) is 10.7. The van der Waals surface area contributed by atoms with Crippen molar-refractivity contribution < 1.29 is 14.6 Å². The van der Waals surface area contributed by atoms with E-state index in [0.29, 0.717) is 17.4 Å². The van der Waals surface area contributed by atoms with Crippen LogP contribution in [0.3, 0.4) is 0 Å². The van der Waals surface area contributed by atoms with Crippen molar-refractivity contribution in [2.24, 2.45) is 0 Å². The maximum Gasteiger partial charge on any atom is 0.345 e. The van der Waals surface area contributed by atoms with Crippen LogP contribution in [0.25, 0.3) is 21.5 Å². The van der Waals surface area contributed by atoms with E-state index in [0.717, 1.165) is 41.2 Å². The van der Waals surface area contributed by atoms with E-state index in [1.54, 1.807) is 0 Å². The number of ether oxygens (including phenoxy) is 1. The molecule has 0 spiro atoms. The standard InChI is InChI=1S/C26H33N3O3S/c1-28(2)13-12-27-18-15-29-20-14-22(26(30)31)33-25(20)23(17-8-4-3-5-9-17)24(29)19-10-6-7-11-21(19)32-16-18/h6-7,10-11,14,17-18,27H,3-5,8-9,12-13,15-16H2,1-2H3,(H,30,31). The SMILES string of the molecule is CN(C)CCNC1COc2ccccc2-c2c(C3CCCCC3)c3sc(C(=O)O)cc3n2C1. The van der Waals surface area contributed by atoms with E-state index in [1.165, 1.54) is 54.7 Å². The molecule has 33 heavy (non-hydrogen) atoms. The van der Waals surface area contributed by atoms with Crippen molar-refractivity contribution >= 4 is 27.5 Å². The van der Waals surface area contributed by atoms with Gasteiger partial charge >= 0.3 is 5.97 Å². The number of hydrogen-bond donors (Lipinski definition) is 2. The van der Waals surface area contributed by atoms with Crippen LogP contribution in [0.15, 0.2) is 30.3 Å². The zero-order valence-corrected chi connectivity index (χ0v) is 20.3. The van der Waals surface area contributed by atoms with Crippen LogP contribution in [-0.4, -0.2) is 60.4 Å². The molecule has 0 amide bonds. The third-order valence-corrected chi connectivity index (χ3v) is 8.12. The maximum atomic E-state index is 11.9. The van der Waals surface area contributed by atoms with Crippen molar-refractivity contribution in [3.05, 3.63) is 40.8 Å². The molecule has 5 rings (SSSR count). The molecule has 3 heterocycles. The van der Waals surface area contributed by atoms with Crippen molar-refractivity contribution in [2.45, 2.75) is 50.6 Å². The number of aromatic carboxylic acids is 1. The molecule has 1 aliphatic heterocycles. The van der Waals surface area contributed by atoms with Crippen LogP contribution in [0.4, 0.5) is 0 Å². The number of rotatable bonds is 6. The van der Waals surface area contributed by atoms with Gasteiger partial charge in [-0.15, -0.1) is 11.3 Å². The monoisotopic (exact) mass is 467 g/mol. The number of nitrogens with zero attached hydrogens (tertiary/aromatic N) is 2. The minimum absolute atomic E-state index is 0.139. The number of carboxylic acid groups (broad SMARTS) is 1. The average molecular weight is 468 g/mol. The maximum absolute atomic E-state index is 11.9. The van der Waals surface area contributed by atoms with E-state index in [4.69, 9.17) is 4.74 Å². The highest BCUT2D eigenvalue weighted by Crippen LogP contribution is 2.48. The number of carbonyl (C=O) groups is 1. The lowest BCUT2D eigenvalue weighted by molar-refractivity contribution is 0.0702. The summed E-state index contributed by atoms with van der Waals surface area (Å²) < 4.78 is 9.89. The molecular formula is C26H33N3O3S. The molecule has 2 aliphatic rings. The first kappa shape index (κ1) is 22.4. The normalized spacial score (nSPS) is 19.1. The Kier molecular flexibility index (Phi) is 6.45. The first-order valence-electron chi connectivity index (χ1n) is 12.0. The summed E-state index contributed by atoms with van der Waals surface area (Å²) in [4.78, 5) is 14.5. The number of likely N-dealkylation sites (N-methyl/N-ethyl adjacent to an activating group) is 1. The van der Waals surface area contributed by atoms with Gasteiger partial charge in [-0.25, -0.2) is 4.79 Å². The van der Waals surface area contributed by atoms with Crippen LogP contribution in [0.1, 0.15) is 53.3 Å². The van der Waals surface area contributed by atoms with Gasteiger partial charge in [0.15, 0.2) is 0 Å². The highest BCUT2D eigenvalue weighted by atomic mass is 32.1. The molecule has 2 aromatic heterocycles. The Balaban J connectivity index is 1.67. The van der Waals surface area contributed by atoms with Gasteiger partial charge in [0.1, 0.15) is 17.2 Å². The van der Waals surface area contributed by atoms with E-state index >= 15 is 0 Å². The molecule has 1 fully saturated rings. The lowest BCUT2D eigenvalue weighted by atomic mass is 9.83. The van der Waals surface area contributed by atoms with Crippen molar-refractivity contribution in [3.8, 4) is 17.0 Å². The molecule has 1 unspecified atom stereocenters. The van der Waals surface area contributed by atoms with Crippen LogP contribution >= 0.6 is 11.3 Å². The topological polar surface area (TPSA) is 66.7 Å². The van der Waals surface area contributed by atoms with Crippen molar-refractivity contribution in [3.63, 3.8) is 0 Å². The first-order valence-corrected chi connectivity index (χ1v) is 12.8. The zero-order valence-electron chi connectivity index (χ0n) is 19.5. The summed E-state index contributed by atoms with van der Waals surface area (Å²) >= 11 is 1.44. The Morgan fingerprint density at radius 1 is 1.24 bits per heavy atom. The highest BCUT2D eigenvalue weighted by molar-refractivity contribution is 7.21. The van der Waals surface area contributed by atoms with Crippen LogP contribution in [0.5, 0.6) is 5.75 Å². The summed E-state index contributed by atoms with van der Waals surface area (Å²) in [6.45, 7) is 3.17. The Labute approximate surface area is 199 Å². The second-order valence-electron chi connectivity index (χ2n) is 9.60. The number of aromatic nitrogens is 1. The van der Waals surface area contributed by atoms with E-state index in [9.17, 15) is 9.90 Å². The summed E-state index contributed by atoms with van der Waals surface area (Å²) in [6, 6.07) is 10.4. The fourth-order valence-corrected chi connectivity index (χ4v) is 6.50. The Morgan fingerprint density at radius 3 is 2.79 bits per heavy atom. The lowest BCUT2D eigenvalue weighted by Gasteiger charge is -2.28. The van der Waals surface area contributed by atoms with Crippen LogP contribution in [0.2, 0.25) is 0 Å². The Bertz CT molecular complexity index is 1140. The number of benzene rings is 1. The van der Waals surface area contributed by atoms with Gasteiger partial charge in [0, 0.05) is 25.2 Å². The van der Waals surface area contributed by atoms with Gasteiger partial charge in [0.2, 0.25) is 0 Å². The van der Waals surface area contributed by atoms with Gasteiger partial charge in [-0.3, -0.25) is 0 Å². The predicted octanol–water partition coefficient (Wildman–Crippen LogP) is 5.03. The Hall–Kier alpha value is -2.35. The molecule has 2 N–H and O–H groups in total. The minimum Gasteiger partial charge on any atom is -0.491 e. The van der Waals surface area contributed by atoms with Gasteiger partial charge in [-0.05, 0) is 56.6 Å². The van der Waals surface area contributed by atoms with E-state index in [-0.39, 0.29) is 6.04 Å². The zero-order chi connectivity index (χ0) is 22.9. The second kappa shape index (κ2) is 9.49. The molecule has 0 saturated heterocycles. The summed E-state index contributed by atoms with van der Waals surface area (Å²) in [6.07, 6.45) is 6.10. The van der Waals surface area contributed by atoms with E-state index in [1.807, 2.05) is 12.1 Å². The van der Waals surface area contributed by atoms with E-state index < -0.39 is 5.97 Å². The molecule has 0 bridgehead atoms. The van der Waals surface area contributed by atoms with Gasteiger partial charge in [0.25, 0.3) is 0 Å². The molecule has 6 nitrogen and oxygen atoms in total. The van der Waals surface area contributed by atoms with Gasteiger partial charge in [-0.1, -0.05) is 31.4 Å². The third-order valence-electron chi connectivity index (χ3n) is 6.97. The smallest absolute Gasteiger partial charge is 0.345 e. The number of para-hydroxylation sites is 1. The molecule has 0 radical (unpaired) electrons. The molecule has 176 valence electrons. The first-order chi connectivity index (χ1) is 16.0. The summed E-state index contributed by atoms with van der Waals surface area (Å²) in [5.74, 6) is 0.541. The Morgan fingerprint density at radius 2 is 2.03 bits per heavy atom. The van der Waals surface area contributed by atoms with Gasteiger partial charge < -0.3 is 24.6 Å². The van der Waals surface area contributed by atoms with Crippen LogP contribution in [0, 0.1) is 0 Å². The van der Waals surface area contributed by atoms with Crippen LogP contribution < -0.4 is 10.1 Å². The van der Waals surface area contributed by atoms with Crippen molar-refractivity contribution in [1.29, 1.82) is 0 Å². The summed E-state index contributed by atoms with van der Waals surface area (Å²) in [5.41, 5.74) is 4.76. The minimum atomic E-state index is -0.838. The quantitative estimate of drug-likeness (QED) is 0.532. The fourth-order valence-electron chi connectivity index (χ4n) is 5.37. The lowest BCUT2D eigenvalue weighted by Crippen LogP contribution is -2.42. The molecule has 1 saturated carbocycles. The van der Waals surface area contributed by atoms with Crippen LogP contribution in [-0.2, 0) is 6.54 Å². The molecule has 1 aromatic carbocycles. The highest BCUT2D eigenvalue weighted by Gasteiger charge is 2.32. The van der Waals surface area contributed by atoms with E-state index in [2.05, 4.69) is 47.1 Å². The molecule has 1 aliphatic carbocycles. The molecule has 7 heteroatoms. The summed E-state index contributed by atoms with van der Waals surface area (Å²) in [5, 5.41) is 13.4. The van der Waals surface area contributed by atoms with Gasteiger partial charge in [-0.2, -0.15) is 0 Å². The number of thiophene rings is 1. The number of carboxylic acids is 1. The van der Waals surface area contributed by atoms with Crippen molar-refractivity contribution in [1.82, 2.24) is 14.8 Å². The summed E-state index contributed by atoms with van der Waals surface area (Å²) in [7, 11) is 4.16. The predicted molar refractivity (Wildman–Crippen MR) is 134 cm³/mol. The molecule has 3 aromatic rings.